The van der Waals surface area contributed by atoms with Crippen LogP contribution in [0.25, 0.3) is 0 Å². The highest BCUT2D eigenvalue weighted by Crippen LogP contribution is 2.31. The first-order valence-electron chi connectivity index (χ1n) is 5.71. The Hall–Kier alpha value is -0.610. The Bertz CT molecular complexity index is 223. The predicted octanol–water partition coefficient (Wildman–Crippen LogP) is 1.29. The van der Waals surface area contributed by atoms with Crippen LogP contribution in [0.15, 0.2) is 0 Å². The fraction of sp³-hybridized carbons (Fsp3) is 0.909. The summed E-state index contributed by atoms with van der Waals surface area (Å²) in [5.41, 5.74) is 0. The molecule has 0 saturated carbocycles. The standard InChI is InChI=1S/C11H18O4/c12-11(13)9-4-2-6-15-10(9)8-3-1-5-14-7-8/h8-10H,1-7H2,(H,12,13). The lowest BCUT2D eigenvalue weighted by molar-refractivity contribution is -0.158. The highest BCUT2D eigenvalue weighted by atomic mass is 16.5. The van der Waals surface area contributed by atoms with Gasteiger partial charge in [-0.3, -0.25) is 4.79 Å². The maximum Gasteiger partial charge on any atom is 0.309 e. The molecule has 0 aromatic heterocycles. The van der Waals surface area contributed by atoms with Crippen LogP contribution in [0.5, 0.6) is 0 Å². The molecule has 4 heteroatoms. The molecule has 2 rings (SSSR count). The lowest BCUT2D eigenvalue weighted by atomic mass is 9.83. The van der Waals surface area contributed by atoms with Crippen molar-refractivity contribution in [3.63, 3.8) is 0 Å². The molecule has 15 heavy (non-hydrogen) atoms. The smallest absolute Gasteiger partial charge is 0.309 e. The van der Waals surface area contributed by atoms with E-state index in [0.29, 0.717) is 13.2 Å². The average Bonchev–Trinajstić information content (AvgIpc) is 2.30. The largest absolute Gasteiger partial charge is 0.481 e. The van der Waals surface area contributed by atoms with Crippen molar-refractivity contribution >= 4 is 5.97 Å². The van der Waals surface area contributed by atoms with Crippen LogP contribution in [-0.4, -0.2) is 37.0 Å². The third-order valence-corrected chi connectivity index (χ3v) is 3.34. The maximum atomic E-state index is 11.1. The first-order valence-corrected chi connectivity index (χ1v) is 5.71. The minimum atomic E-state index is -0.717. The fourth-order valence-corrected chi connectivity index (χ4v) is 2.56. The van der Waals surface area contributed by atoms with E-state index < -0.39 is 5.97 Å². The van der Waals surface area contributed by atoms with Crippen LogP contribution in [0.2, 0.25) is 0 Å². The van der Waals surface area contributed by atoms with Crippen LogP contribution in [0.3, 0.4) is 0 Å². The van der Waals surface area contributed by atoms with Gasteiger partial charge < -0.3 is 14.6 Å². The number of ether oxygens (including phenoxy) is 2. The number of hydrogen-bond acceptors (Lipinski definition) is 3. The monoisotopic (exact) mass is 214 g/mol. The molecule has 86 valence electrons. The summed E-state index contributed by atoms with van der Waals surface area (Å²) in [5.74, 6) is -0.768. The van der Waals surface area contributed by atoms with E-state index in [1.807, 2.05) is 0 Å². The summed E-state index contributed by atoms with van der Waals surface area (Å²) >= 11 is 0. The van der Waals surface area contributed by atoms with Gasteiger partial charge in [0.05, 0.1) is 18.6 Å². The van der Waals surface area contributed by atoms with Crippen molar-refractivity contribution in [1.82, 2.24) is 0 Å². The Balaban J connectivity index is 1.99. The summed E-state index contributed by atoms with van der Waals surface area (Å²) in [6.45, 7) is 2.17. The maximum absolute atomic E-state index is 11.1. The van der Waals surface area contributed by atoms with Crippen molar-refractivity contribution in [2.75, 3.05) is 19.8 Å². The zero-order valence-electron chi connectivity index (χ0n) is 8.85. The zero-order valence-corrected chi connectivity index (χ0v) is 8.85. The van der Waals surface area contributed by atoms with Crippen molar-refractivity contribution in [2.45, 2.75) is 31.8 Å². The summed E-state index contributed by atoms with van der Waals surface area (Å²) in [6, 6.07) is 0. The molecule has 0 radical (unpaired) electrons. The SMILES string of the molecule is O=C(O)C1CCCOC1C1CCCOC1. The van der Waals surface area contributed by atoms with Gasteiger partial charge in [-0.1, -0.05) is 0 Å². The van der Waals surface area contributed by atoms with Crippen molar-refractivity contribution < 1.29 is 19.4 Å². The van der Waals surface area contributed by atoms with E-state index in [1.54, 1.807) is 0 Å². The third-order valence-electron chi connectivity index (χ3n) is 3.34. The molecule has 0 aromatic carbocycles. The van der Waals surface area contributed by atoms with E-state index in [9.17, 15) is 4.79 Å². The normalized spacial score (nSPS) is 37.5. The van der Waals surface area contributed by atoms with E-state index in [-0.39, 0.29) is 17.9 Å². The highest BCUT2D eigenvalue weighted by Gasteiger charge is 2.37. The summed E-state index contributed by atoms with van der Waals surface area (Å²) in [7, 11) is 0. The van der Waals surface area contributed by atoms with Gasteiger partial charge >= 0.3 is 5.97 Å². The molecule has 2 fully saturated rings. The average molecular weight is 214 g/mol. The van der Waals surface area contributed by atoms with Crippen molar-refractivity contribution in [3.05, 3.63) is 0 Å². The molecule has 3 atom stereocenters. The van der Waals surface area contributed by atoms with Crippen LogP contribution in [-0.2, 0) is 14.3 Å². The molecular formula is C11H18O4. The van der Waals surface area contributed by atoms with Gasteiger partial charge in [-0.05, 0) is 25.7 Å². The Morgan fingerprint density at radius 3 is 2.67 bits per heavy atom. The predicted molar refractivity (Wildman–Crippen MR) is 53.6 cm³/mol. The lowest BCUT2D eigenvalue weighted by Crippen LogP contribution is -2.43. The molecule has 0 spiro atoms. The first-order chi connectivity index (χ1) is 7.29. The van der Waals surface area contributed by atoms with Crippen LogP contribution < -0.4 is 0 Å². The molecule has 1 N–H and O–H groups in total. The van der Waals surface area contributed by atoms with E-state index in [2.05, 4.69) is 0 Å². The summed E-state index contributed by atoms with van der Waals surface area (Å²) < 4.78 is 11.0. The molecule has 2 aliphatic rings. The molecule has 0 aliphatic carbocycles. The molecule has 2 saturated heterocycles. The van der Waals surface area contributed by atoms with Crippen LogP contribution >= 0.6 is 0 Å². The number of carboxylic acid groups (broad SMARTS) is 1. The molecule has 0 aromatic rings. The Kier molecular flexibility index (Phi) is 3.59. The van der Waals surface area contributed by atoms with E-state index in [4.69, 9.17) is 14.6 Å². The molecule has 0 bridgehead atoms. The first kappa shape index (κ1) is 10.9. The van der Waals surface area contributed by atoms with Gasteiger partial charge in [-0.25, -0.2) is 0 Å². The molecule has 3 unspecified atom stereocenters. The topological polar surface area (TPSA) is 55.8 Å². The molecule has 2 heterocycles. The highest BCUT2D eigenvalue weighted by molar-refractivity contribution is 5.70. The summed E-state index contributed by atoms with van der Waals surface area (Å²) in [4.78, 5) is 11.1. The second-order valence-electron chi connectivity index (χ2n) is 4.40. The minimum Gasteiger partial charge on any atom is -0.481 e. The quantitative estimate of drug-likeness (QED) is 0.752. The molecule has 2 aliphatic heterocycles. The second kappa shape index (κ2) is 4.94. The minimum absolute atomic E-state index is 0.128. The number of rotatable bonds is 2. The van der Waals surface area contributed by atoms with Gasteiger partial charge in [-0.15, -0.1) is 0 Å². The Morgan fingerprint density at radius 2 is 2.00 bits per heavy atom. The Labute approximate surface area is 89.6 Å². The second-order valence-corrected chi connectivity index (χ2v) is 4.40. The third kappa shape index (κ3) is 2.49. The van der Waals surface area contributed by atoms with E-state index in [1.165, 1.54) is 0 Å². The molecule has 0 amide bonds. The number of carboxylic acids is 1. The van der Waals surface area contributed by atoms with Gasteiger partial charge in [0.1, 0.15) is 0 Å². The lowest BCUT2D eigenvalue weighted by Gasteiger charge is -2.36. The Morgan fingerprint density at radius 1 is 1.20 bits per heavy atom. The summed E-state index contributed by atoms with van der Waals surface area (Å²) in [6.07, 6.45) is 3.54. The van der Waals surface area contributed by atoms with E-state index in [0.717, 1.165) is 32.3 Å². The van der Waals surface area contributed by atoms with Gasteiger partial charge in [-0.2, -0.15) is 0 Å². The van der Waals surface area contributed by atoms with Crippen molar-refractivity contribution in [2.24, 2.45) is 11.8 Å². The summed E-state index contributed by atoms with van der Waals surface area (Å²) in [5, 5.41) is 9.12. The van der Waals surface area contributed by atoms with Crippen LogP contribution in [0.1, 0.15) is 25.7 Å². The molecule has 4 nitrogen and oxygen atoms in total. The molecular weight excluding hydrogens is 196 g/mol. The van der Waals surface area contributed by atoms with Crippen LogP contribution in [0.4, 0.5) is 0 Å². The van der Waals surface area contributed by atoms with Crippen LogP contribution in [0, 0.1) is 11.8 Å². The van der Waals surface area contributed by atoms with Gasteiger partial charge in [0.25, 0.3) is 0 Å². The van der Waals surface area contributed by atoms with Gasteiger partial charge in [0.2, 0.25) is 0 Å². The van der Waals surface area contributed by atoms with Gasteiger partial charge in [0, 0.05) is 19.1 Å². The fourth-order valence-electron chi connectivity index (χ4n) is 2.56. The van der Waals surface area contributed by atoms with E-state index >= 15 is 0 Å². The van der Waals surface area contributed by atoms with Crippen molar-refractivity contribution in [1.29, 1.82) is 0 Å². The van der Waals surface area contributed by atoms with Crippen molar-refractivity contribution in [3.8, 4) is 0 Å². The zero-order chi connectivity index (χ0) is 10.7. The number of hydrogen-bond donors (Lipinski definition) is 1. The number of aliphatic carboxylic acids is 1. The number of carbonyl (C=O) groups is 1. The van der Waals surface area contributed by atoms with Gasteiger partial charge in [0.15, 0.2) is 0 Å².